The molecular formula is C66H73Cl2N9O24. The number of ketones is 1. The van der Waals surface area contributed by atoms with Crippen LogP contribution < -0.4 is 62.9 Å². The first-order valence-corrected chi connectivity index (χ1v) is 32.2. The van der Waals surface area contributed by atoms with E-state index in [1.807, 2.05) is 13.8 Å². The maximum atomic E-state index is 16.1. The van der Waals surface area contributed by atoms with Gasteiger partial charge in [0, 0.05) is 29.2 Å². The van der Waals surface area contributed by atoms with Crippen molar-refractivity contribution in [2.75, 3.05) is 13.7 Å². The molecule has 0 aliphatic carbocycles. The fourth-order valence-electron chi connectivity index (χ4n) is 12.4. The van der Waals surface area contributed by atoms with Crippen LogP contribution in [0.2, 0.25) is 10.0 Å². The van der Waals surface area contributed by atoms with E-state index >= 15 is 19.2 Å². The number of aliphatic hydroxyl groups is 5. The topological polar surface area (TPSA) is 527 Å². The Labute approximate surface area is 583 Å². The van der Waals surface area contributed by atoms with Crippen LogP contribution in [0.3, 0.4) is 0 Å². The first kappa shape index (κ1) is 74.2. The van der Waals surface area contributed by atoms with E-state index in [0.717, 1.165) is 60.7 Å². The Morgan fingerprint density at radius 1 is 0.713 bits per heavy atom. The van der Waals surface area contributed by atoms with E-state index in [4.69, 9.17) is 63.1 Å². The van der Waals surface area contributed by atoms with Gasteiger partial charge in [-0.05, 0) is 110 Å². The average molecular weight is 1450 g/mol. The van der Waals surface area contributed by atoms with Crippen molar-refractivity contribution in [2.45, 2.75) is 150 Å². The number of primary amides is 1. The molecule has 12 rings (SSSR count). The number of aliphatic carboxylic acids is 1. The Bertz CT molecular complexity index is 4130. The van der Waals surface area contributed by atoms with Crippen LogP contribution in [0.15, 0.2) is 78.9 Å². The standard InChI is InChI=1S/C66H73Cl2N9O24/c1-23(2)12-34(71-5)58(88)76-49-51(83)26-7-10-38(32(67)14-26)97-40-16-28-17-41(56(40)101-65-54(86)53(85)52(84)42(22-78)99-65)98-39-11-8-27(15-33(39)68)55(100-44-21-66(4,70)57(87)24(3)96-44)50-63(93)75-48(64(94)95)31-18-29(79)19-37(81)45(31)30-13-25(6-9-36(30)80)46(60(90)77-50)74-61(91)47(28)73-59(89)35(20-43(69)82)72-62(49)92/h6-11,13-19,23-24,34-35,42,44,46-55,65,71,78-81,83-86H,12,20-22,70H2,1-5H3,(H2,69,82)(H,72,92)(H,73,89)(H,74,91)(H,75,93)(H,76,88)(H,77,90)(H,94,95)/t24-,34+,35+,42+,44+,46+,47+,48+,49-,50-,51-,52+,53-,54+,55-,65-,66-/m0/s1. The molecule has 33 nitrogen and oxygen atoms in total. The number of ether oxygens (including phenoxy) is 6. The zero-order chi connectivity index (χ0) is 73.5. The number of carboxylic acid groups (broad SMARTS) is 1. The van der Waals surface area contributed by atoms with Crippen molar-refractivity contribution in [1.29, 1.82) is 0 Å². The second kappa shape index (κ2) is 30.0. The number of hydrogen-bond donors (Lipinski definition) is 18. The van der Waals surface area contributed by atoms with Crippen LogP contribution in [0.5, 0.6) is 46.0 Å². The van der Waals surface area contributed by atoms with Gasteiger partial charge in [-0.2, -0.15) is 0 Å². The van der Waals surface area contributed by atoms with Gasteiger partial charge in [0.25, 0.3) is 0 Å². The molecule has 7 aliphatic heterocycles. The minimum Gasteiger partial charge on any atom is -0.508 e. The number of amides is 7. The lowest BCUT2D eigenvalue weighted by Crippen LogP contribution is -2.60. The third kappa shape index (κ3) is 15.7. The van der Waals surface area contributed by atoms with Crippen LogP contribution in [0, 0.1) is 5.92 Å². The number of aliphatic hydroxyl groups excluding tert-OH is 5. The summed E-state index contributed by atoms with van der Waals surface area (Å²) in [6, 6.07) is -0.561. The summed E-state index contributed by atoms with van der Waals surface area (Å²) in [6.07, 6.45) is -18.1. The fourth-order valence-corrected chi connectivity index (χ4v) is 12.8. The van der Waals surface area contributed by atoms with Gasteiger partial charge in [-0.1, -0.05) is 55.2 Å². The molecule has 7 heterocycles. The zero-order valence-corrected chi connectivity index (χ0v) is 55.7. The Hall–Kier alpha value is -9.49. The summed E-state index contributed by atoms with van der Waals surface area (Å²) in [6.45, 7) is 5.40. The highest BCUT2D eigenvalue weighted by Gasteiger charge is 2.49. The number of fused-ring (bicyclic) bond motifs is 15. The molecule has 0 saturated carbocycles. The lowest BCUT2D eigenvalue weighted by Gasteiger charge is -2.40. The van der Waals surface area contributed by atoms with E-state index in [2.05, 4.69) is 37.2 Å². The summed E-state index contributed by atoms with van der Waals surface area (Å²) >= 11 is 14.2. The predicted octanol–water partition coefficient (Wildman–Crippen LogP) is 0.314. The molecule has 7 aliphatic rings. The van der Waals surface area contributed by atoms with E-state index in [-0.39, 0.29) is 39.8 Å². The zero-order valence-electron chi connectivity index (χ0n) is 54.2. The molecule has 7 amide bonds. The molecule has 0 unspecified atom stereocenters. The van der Waals surface area contributed by atoms with E-state index in [1.54, 1.807) is 0 Å². The summed E-state index contributed by atoms with van der Waals surface area (Å²) in [5, 5.41) is 118. The molecule has 5 aromatic rings. The normalized spacial score (nSPS) is 28.7. The number of Topliss-reactive ketones (excluding diaryl/α,β-unsaturated/α-hetero) is 1. The van der Waals surface area contributed by atoms with Crippen LogP contribution in [-0.2, 0) is 57.4 Å². The van der Waals surface area contributed by atoms with E-state index in [9.17, 15) is 69.9 Å². The lowest BCUT2D eigenvalue weighted by atomic mass is 9.88. The first-order chi connectivity index (χ1) is 47.7. The van der Waals surface area contributed by atoms with E-state index in [0.29, 0.717) is 0 Å². The van der Waals surface area contributed by atoms with Crippen LogP contribution in [0.4, 0.5) is 0 Å². The van der Waals surface area contributed by atoms with Crippen molar-refractivity contribution in [2.24, 2.45) is 17.4 Å². The number of hydrogen-bond acceptors (Lipinski definition) is 25. The Balaban J connectivity index is 1.26. The van der Waals surface area contributed by atoms with Crippen molar-refractivity contribution >= 4 is 76.3 Å². The number of phenolic OH excluding ortho intramolecular Hbond substituents is 3. The van der Waals surface area contributed by atoms with Crippen molar-refractivity contribution in [3.05, 3.63) is 117 Å². The number of likely N-dealkylation sites (N-methyl/N-ethyl adjacent to an activating group) is 1. The molecule has 0 aromatic heterocycles. The number of aromatic hydroxyl groups is 3. The third-order valence-electron chi connectivity index (χ3n) is 17.5. The predicted molar refractivity (Wildman–Crippen MR) is 348 cm³/mol. The van der Waals surface area contributed by atoms with Gasteiger partial charge in [0.1, 0.15) is 102 Å². The molecular weight excluding hydrogens is 1370 g/mol. The Morgan fingerprint density at radius 2 is 1.33 bits per heavy atom. The molecule has 2 fully saturated rings. The minimum atomic E-state index is -2.35. The molecule has 101 heavy (non-hydrogen) atoms. The van der Waals surface area contributed by atoms with E-state index in [1.165, 1.54) is 39.1 Å². The smallest absolute Gasteiger partial charge is 0.330 e. The van der Waals surface area contributed by atoms with E-state index < -0.39 is 243 Å². The van der Waals surface area contributed by atoms with Crippen molar-refractivity contribution in [3.8, 4) is 57.1 Å². The number of carbonyl (C=O) groups excluding carboxylic acids is 8. The van der Waals surface area contributed by atoms with Gasteiger partial charge in [-0.25, -0.2) is 4.79 Å². The number of rotatable bonds is 13. The highest BCUT2D eigenvalue weighted by molar-refractivity contribution is 6.32. The Morgan fingerprint density at radius 3 is 1.93 bits per heavy atom. The highest BCUT2D eigenvalue weighted by Crippen LogP contribution is 2.50. The number of benzene rings is 5. The molecule has 0 spiro atoms. The maximum Gasteiger partial charge on any atom is 0.330 e. The van der Waals surface area contributed by atoms with Gasteiger partial charge in [-0.15, -0.1) is 0 Å². The second-order valence-electron chi connectivity index (χ2n) is 25.5. The van der Waals surface area contributed by atoms with Crippen LogP contribution in [0.25, 0.3) is 11.1 Å². The average Bonchev–Trinajstić information content (AvgIpc) is 0.770. The molecule has 11 bridgehead atoms. The van der Waals surface area contributed by atoms with Crippen molar-refractivity contribution in [3.63, 3.8) is 0 Å². The highest BCUT2D eigenvalue weighted by atomic mass is 35.5. The number of nitrogens with two attached hydrogens (primary N) is 2. The maximum absolute atomic E-state index is 16.1. The first-order valence-electron chi connectivity index (χ1n) is 31.5. The number of halogens is 2. The molecule has 35 heteroatoms. The van der Waals surface area contributed by atoms with Crippen molar-refractivity contribution in [1.82, 2.24) is 37.2 Å². The molecule has 2 saturated heterocycles. The van der Waals surface area contributed by atoms with Gasteiger partial charge in [0.2, 0.25) is 53.4 Å². The third-order valence-corrected chi connectivity index (χ3v) is 18.1. The van der Waals surface area contributed by atoms with Gasteiger partial charge in [0.15, 0.2) is 29.6 Å². The van der Waals surface area contributed by atoms with Crippen LogP contribution in [-0.4, -0.2) is 186 Å². The number of carbonyl (C=O) groups is 9. The number of carboxylic acids is 1. The summed E-state index contributed by atoms with van der Waals surface area (Å²) in [5.74, 6) is -16.7. The number of nitrogens with one attached hydrogen (secondary N) is 7. The summed E-state index contributed by atoms with van der Waals surface area (Å²) in [7, 11) is 1.47. The summed E-state index contributed by atoms with van der Waals surface area (Å²) in [5.41, 5.74) is 7.78. The van der Waals surface area contributed by atoms with Crippen molar-refractivity contribution < 1.29 is 118 Å². The molecule has 540 valence electrons. The quantitative estimate of drug-likeness (QED) is 0.0754. The van der Waals surface area contributed by atoms with Gasteiger partial charge < -0.3 is 123 Å². The molecule has 20 N–H and O–H groups in total. The molecule has 17 atom stereocenters. The van der Waals surface area contributed by atoms with Gasteiger partial charge in [-0.3, -0.25) is 38.4 Å². The monoisotopic (exact) mass is 1450 g/mol. The number of phenols is 3. The van der Waals surface area contributed by atoms with Gasteiger partial charge >= 0.3 is 5.97 Å². The van der Waals surface area contributed by atoms with Crippen LogP contribution in [0.1, 0.15) is 105 Å². The van der Waals surface area contributed by atoms with Crippen LogP contribution >= 0.6 is 23.2 Å². The lowest BCUT2D eigenvalue weighted by molar-refractivity contribution is -0.277. The fraction of sp³-hybridized carbons (Fsp3) is 0.409. The summed E-state index contributed by atoms with van der Waals surface area (Å²) < 4.78 is 37.8. The molecule has 5 aromatic carbocycles. The second-order valence-corrected chi connectivity index (χ2v) is 26.3. The SMILES string of the molecule is CN[C@H](CC(C)C)C(=O)N[C@@H]1C(=O)N[C@H](CC(N)=O)C(=O)N[C@H]2C(=O)N[C@H]3C(=O)N[C@H](C(=O)N[C@@H](C(=O)O)c4cc(O)cc(O)c4-c4cc3ccc4O)[C@@H](O[C@@H]3C[C@](C)(N)C(=O)[C@H](C)O3)c3ccc(c(Cl)c3)Oc3cc2cc(c3O[C@@H]2O[C@H](CO)[C@@H](O)[C@H](O)[C@H]2O)Oc2ccc(cc2Cl)[C@@H]1O. The summed E-state index contributed by atoms with van der Waals surface area (Å²) in [4.78, 5) is 132. The van der Waals surface area contributed by atoms with Gasteiger partial charge in [0.05, 0.1) is 34.7 Å². The minimum absolute atomic E-state index is 0.0975. The largest absolute Gasteiger partial charge is 0.508 e. The molecule has 0 radical (unpaired) electrons. The Kier molecular flexibility index (Phi) is 22.0.